The largest absolute Gasteiger partial charge is 0.311 e. The zero-order valence-corrected chi connectivity index (χ0v) is 39.7. The van der Waals surface area contributed by atoms with Crippen LogP contribution in [0.4, 0.5) is 34.1 Å². The fourth-order valence-corrected chi connectivity index (χ4v) is 10.9. The highest BCUT2D eigenvalue weighted by Gasteiger charge is 2.47. The standard InChI is InChI=1S/C60H63BN2/c1-38-31-54-56-55(32-38)63(51-28-25-44(58(6,7)8)35-45(51)41-21-17-14-18-22-41)53-37-47-46(59(9,10)29-30-60(47,11)12)36-49(53)61(56)48-26-23-42(40-19-15-13-16-20-40)34-52(48)62(54)50-27-24-43(33-39(50)2)57(3,4)5/h13-28,31-37H,29-30H2,1-12H3. The number of fused-ring (bicyclic) bond motifs is 5. The molecule has 0 aromatic heterocycles. The number of anilines is 6. The van der Waals surface area contributed by atoms with Crippen molar-refractivity contribution in [1.82, 2.24) is 0 Å². The van der Waals surface area contributed by atoms with Crippen molar-refractivity contribution in [2.75, 3.05) is 9.80 Å². The zero-order valence-electron chi connectivity index (χ0n) is 39.7. The van der Waals surface area contributed by atoms with Gasteiger partial charge in [0.2, 0.25) is 0 Å². The highest BCUT2D eigenvalue weighted by atomic mass is 15.2. The maximum atomic E-state index is 2.67. The smallest absolute Gasteiger partial charge is 0.252 e. The van der Waals surface area contributed by atoms with Gasteiger partial charge in [-0.15, -0.1) is 0 Å². The van der Waals surface area contributed by atoms with E-state index in [1.54, 1.807) is 0 Å². The van der Waals surface area contributed by atoms with Crippen molar-refractivity contribution < 1.29 is 0 Å². The Kier molecular flexibility index (Phi) is 9.40. The minimum atomic E-state index is -0.00659. The lowest BCUT2D eigenvalue weighted by molar-refractivity contribution is 0.332. The molecule has 0 atom stereocenters. The van der Waals surface area contributed by atoms with Gasteiger partial charge in [0.15, 0.2) is 0 Å². The Labute approximate surface area is 378 Å². The van der Waals surface area contributed by atoms with Crippen molar-refractivity contribution in [3.8, 4) is 22.3 Å². The molecule has 0 saturated heterocycles. The van der Waals surface area contributed by atoms with Gasteiger partial charge in [-0.2, -0.15) is 0 Å². The molecule has 1 aliphatic carbocycles. The topological polar surface area (TPSA) is 6.48 Å². The number of nitrogens with zero attached hydrogens (tertiary/aromatic N) is 2. The summed E-state index contributed by atoms with van der Waals surface area (Å²) in [6.07, 6.45) is 2.33. The van der Waals surface area contributed by atoms with Crippen molar-refractivity contribution in [2.24, 2.45) is 0 Å². The van der Waals surface area contributed by atoms with Crippen LogP contribution in [-0.2, 0) is 21.7 Å². The molecule has 63 heavy (non-hydrogen) atoms. The summed E-state index contributed by atoms with van der Waals surface area (Å²) in [7, 11) is 0. The zero-order chi connectivity index (χ0) is 44.4. The average molecular weight is 823 g/mol. The summed E-state index contributed by atoms with van der Waals surface area (Å²) in [5.74, 6) is 0. The Bertz CT molecular complexity index is 2940. The average Bonchev–Trinajstić information content (AvgIpc) is 3.24. The highest BCUT2D eigenvalue weighted by Crippen LogP contribution is 2.52. The fraction of sp³-hybridized carbons (Fsp3) is 0.300. The van der Waals surface area contributed by atoms with E-state index in [9.17, 15) is 0 Å². The van der Waals surface area contributed by atoms with Crippen LogP contribution in [0.5, 0.6) is 0 Å². The summed E-state index contributed by atoms with van der Waals surface area (Å²) < 4.78 is 0. The first-order valence-corrected chi connectivity index (χ1v) is 23.3. The van der Waals surface area contributed by atoms with Gasteiger partial charge in [0.25, 0.3) is 6.71 Å². The van der Waals surface area contributed by atoms with E-state index >= 15 is 0 Å². The first-order valence-electron chi connectivity index (χ1n) is 23.3. The molecule has 316 valence electrons. The van der Waals surface area contributed by atoms with E-state index in [2.05, 4.69) is 232 Å². The van der Waals surface area contributed by atoms with Crippen LogP contribution in [0.2, 0.25) is 0 Å². The maximum Gasteiger partial charge on any atom is 0.252 e. The van der Waals surface area contributed by atoms with E-state index in [1.807, 2.05) is 0 Å². The SMILES string of the molecule is Cc1cc2c3c(c1)N(c1ccc(C(C)(C)C)cc1-c1ccccc1)c1cc4c(cc1B3c1ccc(-c3ccccc3)cc1N2c1ccc(C(C)(C)C)cc1C)C(C)(C)CCC4(C)C. The third-order valence-electron chi connectivity index (χ3n) is 14.8. The summed E-state index contributed by atoms with van der Waals surface area (Å²) in [6.45, 7) is 28.5. The van der Waals surface area contributed by atoms with Crippen LogP contribution in [0.15, 0.2) is 140 Å². The molecule has 0 amide bonds. The predicted molar refractivity (Wildman–Crippen MR) is 273 cm³/mol. The predicted octanol–water partition coefficient (Wildman–Crippen LogP) is 14.7. The van der Waals surface area contributed by atoms with Gasteiger partial charge in [-0.25, -0.2) is 0 Å². The molecule has 0 fully saturated rings. The van der Waals surface area contributed by atoms with E-state index < -0.39 is 0 Å². The molecule has 2 heterocycles. The van der Waals surface area contributed by atoms with Gasteiger partial charge in [0.1, 0.15) is 0 Å². The third-order valence-corrected chi connectivity index (χ3v) is 14.8. The molecule has 0 radical (unpaired) electrons. The van der Waals surface area contributed by atoms with E-state index in [0.29, 0.717) is 0 Å². The van der Waals surface area contributed by atoms with E-state index in [-0.39, 0.29) is 28.4 Å². The number of benzene rings is 7. The Morgan fingerprint density at radius 3 is 1.56 bits per heavy atom. The van der Waals surface area contributed by atoms with Crippen LogP contribution in [-0.4, -0.2) is 6.71 Å². The van der Waals surface area contributed by atoms with Gasteiger partial charge in [0.05, 0.1) is 5.69 Å². The van der Waals surface area contributed by atoms with Crippen LogP contribution >= 0.6 is 0 Å². The molecule has 0 bridgehead atoms. The van der Waals surface area contributed by atoms with Gasteiger partial charge in [0, 0.05) is 34.0 Å². The summed E-state index contributed by atoms with van der Waals surface area (Å²) in [6, 6.07) is 54.0. The van der Waals surface area contributed by atoms with Crippen molar-refractivity contribution >= 4 is 57.2 Å². The molecule has 3 heteroatoms. The summed E-state index contributed by atoms with van der Waals surface area (Å²) in [5, 5.41) is 0. The Hall–Kier alpha value is -5.80. The molecule has 2 nitrogen and oxygen atoms in total. The van der Waals surface area contributed by atoms with Gasteiger partial charge in [-0.3, -0.25) is 0 Å². The van der Waals surface area contributed by atoms with Gasteiger partial charge in [-0.1, -0.05) is 166 Å². The lowest BCUT2D eigenvalue weighted by Crippen LogP contribution is -2.62. The first kappa shape index (κ1) is 41.2. The highest BCUT2D eigenvalue weighted by molar-refractivity contribution is 7.00. The van der Waals surface area contributed by atoms with Crippen LogP contribution in [0.25, 0.3) is 22.3 Å². The van der Waals surface area contributed by atoms with E-state index in [1.165, 1.54) is 113 Å². The number of aryl methyl sites for hydroxylation is 2. The van der Waals surface area contributed by atoms with Crippen LogP contribution in [0.3, 0.4) is 0 Å². The minimum Gasteiger partial charge on any atom is -0.311 e. The van der Waals surface area contributed by atoms with Gasteiger partial charge < -0.3 is 9.80 Å². The Morgan fingerprint density at radius 2 is 0.968 bits per heavy atom. The molecular formula is C60H63BN2. The summed E-state index contributed by atoms with van der Waals surface area (Å²) in [5.41, 5.74) is 25.0. The summed E-state index contributed by atoms with van der Waals surface area (Å²) >= 11 is 0. The van der Waals surface area contributed by atoms with Crippen molar-refractivity contribution in [2.45, 2.75) is 118 Å². The van der Waals surface area contributed by atoms with Crippen LogP contribution in [0.1, 0.15) is 115 Å². The van der Waals surface area contributed by atoms with E-state index in [4.69, 9.17) is 0 Å². The number of rotatable bonds is 4. The number of hydrogen-bond acceptors (Lipinski definition) is 2. The first-order chi connectivity index (χ1) is 29.8. The monoisotopic (exact) mass is 823 g/mol. The normalized spacial score (nSPS) is 16.0. The quantitative estimate of drug-likeness (QED) is 0.163. The Balaban J connectivity index is 1.34. The molecule has 0 spiro atoms. The fourth-order valence-electron chi connectivity index (χ4n) is 10.9. The van der Waals surface area contributed by atoms with Crippen LogP contribution in [0, 0.1) is 13.8 Å². The molecule has 2 aliphatic heterocycles. The maximum absolute atomic E-state index is 2.67. The second-order valence-corrected chi connectivity index (χ2v) is 22.3. The van der Waals surface area contributed by atoms with Crippen molar-refractivity contribution in [1.29, 1.82) is 0 Å². The number of hydrogen-bond donors (Lipinski definition) is 0. The molecule has 3 aliphatic rings. The second kappa shape index (κ2) is 14.4. The molecule has 7 aromatic rings. The van der Waals surface area contributed by atoms with E-state index in [0.717, 1.165) is 6.42 Å². The molecule has 0 unspecified atom stereocenters. The lowest BCUT2D eigenvalue weighted by Gasteiger charge is -2.48. The van der Waals surface area contributed by atoms with Crippen LogP contribution < -0.4 is 26.2 Å². The Morgan fingerprint density at radius 1 is 0.444 bits per heavy atom. The molecule has 10 rings (SSSR count). The van der Waals surface area contributed by atoms with Crippen molar-refractivity contribution in [3.05, 3.63) is 173 Å². The molecule has 7 aromatic carbocycles. The molecule has 0 N–H and O–H groups in total. The third kappa shape index (κ3) is 6.77. The van der Waals surface area contributed by atoms with Gasteiger partial charge in [-0.05, 0) is 157 Å². The lowest BCUT2D eigenvalue weighted by atomic mass is 9.33. The van der Waals surface area contributed by atoms with Crippen molar-refractivity contribution in [3.63, 3.8) is 0 Å². The minimum absolute atomic E-state index is 0.00659. The molecule has 0 saturated carbocycles. The second-order valence-electron chi connectivity index (χ2n) is 22.3. The molecular weight excluding hydrogens is 759 g/mol. The summed E-state index contributed by atoms with van der Waals surface area (Å²) in [4.78, 5) is 5.28. The van der Waals surface area contributed by atoms with Gasteiger partial charge >= 0.3 is 0 Å².